The van der Waals surface area contributed by atoms with Crippen LogP contribution in [0.3, 0.4) is 0 Å². The molecule has 0 spiro atoms. The van der Waals surface area contributed by atoms with E-state index in [4.69, 9.17) is 9.47 Å². The first-order valence-electron chi connectivity index (χ1n) is 15.7. The highest BCUT2D eigenvalue weighted by Crippen LogP contribution is 2.40. The van der Waals surface area contributed by atoms with Crippen LogP contribution in [0.1, 0.15) is 32.8 Å². The molecule has 2 aromatic carbocycles. The number of fused-ring (bicyclic) bond motifs is 1. The number of ether oxygens (including phenoxy) is 2. The molecular weight excluding hydrogens is 701 g/mol. The molecule has 1 saturated heterocycles. The Labute approximate surface area is 291 Å². The van der Waals surface area contributed by atoms with Gasteiger partial charge in [0.05, 0.1) is 23.5 Å². The third kappa shape index (κ3) is 9.29. The number of benzene rings is 2. The average molecular weight is 738 g/mol. The Kier molecular flexibility index (Phi) is 10.6. The highest BCUT2D eigenvalue weighted by Gasteiger charge is 2.35. The van der Waals surface area contributed by atoms with Crippen LogP contribution in [0, 0.1) is 12.7 Å². The van der Waals surface area contributed by atoms with Gasteiger partial charge in [-0.05, 0) is 63.6 Å². The number of rotatable bonds is 9. The Balaban J connectivity index is 1.42. The number of nitrogens with one attached hydrogen (secondary N) is 2. The number of alkyl halides is 4. The number of likely N-dealkylation sites (tertiary alicyclic amines) is 1. The summed E-state index contributed by atoms with van der Waals surface area (Å²) in [5, 5.41) is 3.35. The molecule has 1 aliphatic rings. The second-order valence-corrected chi connectivity index (χ2v) is 14.8. The third-order valence-corrected chi connectivity index (χ3v) is 9.04. The first-order chi connectivity index (χ1) is 23.8. The SMILES string of the molecule is Cc1ccc2c(NS(=O)(=O)N(C)CC(F)(F)F)c(F)ccc2c1Oc1ncccc1-c1ccnc(NC2CC(F)CN(C(=O)OC(C)(C)C)C2)n1. The van der Waals surface area contributed by atoms with Crippen molar-refractivity contribution in [3.05, 3.63) is 66.2 Å². The lowest BCUT2D eigenvalue weighted by Gasteiger charge is -2.36. The second-order valence-electron chi connectivity index (χ2n) is 13.0. The van der Waals surface area contributed by atoms with Gasteiger partial charge in [-0.2, -0.15) is 25.9 Å². The lowest BCUT2D eigenvalue weighted by molar-refractivity contribution is -0.134. The zero-order valence-corrected chi connectivity index (χ0v) is 29.1. The lowest BCUT2D eigenvalue weighted by atomic mass is 10.0. The van der Waals surface area contributed by atoms with Gasteiger partial charge in [-0.1, -0.05) is 12.1 Å². The molecule has 2 N–H and O–H groups in total. The normalized spacial score (nSPS) is 17.0. The highest BCUT2D eigenvalue weighted by molar-refractivity contribution is 7.90. The molecule has 2 atom stereocenters. The van der Waals surface area contributed by atoms with E-state index >= 15 is 4.39 Å². The van der Waals surface area contributed by atoms with Gasteiger partial charge in [-0.3, -0.25) is 4.72 Å². The second kappa shape index (κ2) is 14.4. The Hall–Kier alpha value is -4.84. The molecular formula is C33H36F5N7O5S. The number of carbonyl (C=O) groups excluding carboxylic acids is 1. The van der Waals surface area contributed by atoms with Crippen molar-refractivity contribution < 1.29 is 44.6 Å². The van der Waals surface area contributed by atoms with Crippen LogP contribution in [0.15, 0.2) is 54.9 Å². The fraction of sp³-hybridized carbons (Fsp3) is 0.394. The van der Waals surface area contributed by atoms with Gasteiger partial charge in [0.25, 0.3) is 0 Å². The van der Waals surface area contributed by atoms with Crippen molar-refractivity contribution in [2.45, 2.75) is 58.1 Å². The molecule has 0 bridgehead atoms. The van der Waals surface area contributed by atoms with Crippen LogP contribution in [0.4, 0.5) is 38.4 Å². The summed E-state index contributed by atoms with van der Waals surface area (Å²) in [6, 6.07) is 9.65. The summed E-state index contributed by atoms with van der Waals surface area (Å²) in [5.41, 5.74) is -0.00800. The molecule has 5 rings (SSSR count). The largest absolute Gasteiger partial charge is 0.444 e. The Morgan fingerprint density at radius 1 is 1.04 bits per heavy atom. The highest BCUT2D eigenvalue weighted by atomic mass is 32.2. The predicted molar refractivity (Wildman–Crippen MR) is 180 cm³/mol. The van der Waals surface area contributed by atoms with Crippen LogP contribution in [-0.2, 0) is 14.9 Å². The van der Waals surface area contributed by atoms with Crippen LogP contribution in [0.2, 0.25) is 0 Å². The Morgan fingerprint density at radius 2 is 1.76 bits per heavy atom. The first-order valence-corrected chi connectivity index (χ1v) is 17.1. The van der Waals surface area contributed by atoms with Crippen LogP contribution in [-0.4, -0.2) is 89.3 Å². The number of nitrogens with zero attached hydrogens (tertiary/aromatic N) is 5. The van der Waals surface area contributed by atoms with Crippen molar-refractivity contribution >= 4 is 38.7 Å². The van der Waals surface area contributed by atoms with Gasteiger partial charge in [0.15, 0.2) is 0 Å². The fourth-order valence-corrected chi connectivity index (χ4v) is 6.32. The standard InChI is InChI=1S/C33H36F5N7O5S/c1-19-8-9-22-23(10-11-25(35)27(22)43-51(47,48)44(5)18-33(36,37)38)28(19)49-29-24(7-6-13-39-29)26-12-14-40-30(42-26)41-21-15-20(34)16-45(17-21)31(46)50-32(2,3)4/h6-14,20-21,43H,15-18H2,1-5H3,(H,40,41,42). The number of aromatic nitrogens is 3. The Bertz CT molecular complexity index is 2030. The van der Waals surface area contributed by atoms with Crippen molar-refractivity contribution in [2.75, 3.05) is 36.7 Å². The molecule has 51 heavy (non-hydrogen) atoms. The molecule has 0 radical (unpaired) electrons. The average Bonchev–Trinajstić information content (AvgIpc) is 3.02. The predicted octanol–water partition coefficient (Wildman–Crippen LogP) is 6.84. The van der Waals surface area contributed by atoms with Crippen LogP contribution in [0.25, 0.3) is 22.0 Å². The fourth-order valence-electron chi connectivity index (χ4n) is 5.39. The van der Waals surface area contributed by atoms with E-state index in [2.05, 4.69) is 20.3 Å². The summed E-state index contributed by atoms with van der Waals surface area (Å²) in [4.78, 5) is 27.1. The lowest BCUT2D eigenvalue weighted by Crippen LogP contribution is -2.51. The summed E-state index contributed by atoms with van der Waals surface area (Å²) in [7, 11) is -4.09. The molecule has 18 heteroatoms. The molecule has 1 aliphatic heterocycles. The van der Waals surface area contributed by atoms with Crippen LogP contribution >= 0.6 is 0 Å². The van der Waals surface area contributed by atoms with Gasteiger partial charge >= 0.3 is 22.5 Å². The number of pyridine rings is 1. The van der Waals surface area contributed by atoms with Crippen molar-refractivity contribution in [1.29, 1.82) is 0 Å². The molecule has 0 aliphatic carbocycles. The maximum absolute atomic E-state index is 15.1. The summed E-state index contributed by atoms with van der Waals surface area (Å²) in [6.45, 7) is 5.13. The molecule has 1 fully saturated rings. The van der Waals surface area contributed by atoms with Gasteiger partial charge in [0, 0.05) is 49.2 Å². The molecule has 1 amide bonds. The van der Waals surface area contributed by atoms with Gasteiger partial charge in [-0.15, -0.1) is 0 Å². The topological polar surface area (TPSA) is 139 Å². The molecule has 274 valence electrons. The van der Waals surface area contributed by atoms with Crippen molar-refractivity contribution in [3.63, 3.8) is 0 Å². The van der Waals surface area contributed by atoms with E-state index in [9.17, 15) is 30.8 Å². The number of aryl methyl sites for hydroxylation is 1. The monoisotopic (exact) mass is 737 g/mol. The molecule has 3 heterocycles. The molecule has 4 aromatic rings. The van der Waals surface area contributed by atoms with Crippen LogP contribution in [0.5, 0.6) is 11.6 Å². The van der Waals surface area contributed by atoms with E-state index in [-0.39, 0.29) is 52.2 Å². The molecule has 12 nitrogen and oxygen atoms in total. The molecule has 0 saturated carbocycles. The van der Waals surface area contributed by atoms with E-state index in [1.807, 2.05) is 4.72 Å². The molecule has 2 unspecified atom stereocenters. The van der Waals surface area contributed by atoms with Crippen molar-refractivity contribution in [1.82, 2.24) is 24.2 Å². The zero-order chi connectivity index (χ0) is 37.3. The minimum Gasteiger partial charge on any atom is -0.444 e. The zero-order valence-electron chi connectivity index (χ0n) is 28.3. The van der Waals surface area contributed by atoms with E-state index in [1.165, 1.54) is 35.5 Å². The van der Waals surface area contributed by atoms with Crippen LogP contribution < -0.4 is 14.8 Å². The number of halogens is 5. The maximum atomic E-state index is 15.1. The first kappa shape index (κ1) is 37.4. The maximum Gasteiger partial charge on any atom is 0.410 e. The smallest absolute Gasteiger partial charge is 0.410 e. The molecule has 2 aromatic heterocycles. The number of hydrogen-bond donors (Lipinski definition) is 2. The van der Waals surface area contributed by atoms with Gasteiger partial charge < -0.3 is 19.7 Å². The van der Waals surface area contributed by atoms with E-state index in [0.717, 1.165) is 13.1 Å². The van der Waals surface area contributed by atoms with Crippen molar-refractivity contribution in [2.24, 2.45) is 0 Å². The minimum absolute atomic E-state index is 0.0182. The summed E-state index contributed by atoms with van der Waals surface area (Å²) in [6.07, 6.45) is -3.72. The number of anilines is 2. The minimum atomic E-state index is -4.82. The van der Waals surface area contributed by atoms with Gasteiger partial charge in [-0.25, -0.2) is 28.5 Å². The number of carbonyl (C=O) groups is 1. The number of amides is 1. The Morgan fingerprint density at radius 3 is 2.47 bits per heavy atom. The van der Waals surface area contributed by atoms with Crippen molar-refractivity contribution in [3.8, 4) is 22.9 Å². The van der Waals surface area contributed by atoms with Gasteiger partial charge in [0.2, 0.25) is 11.8 Å². The van der Waals surface area contributed by atoms with Gasteiger partial charge in [0.1, 0.15) is 29.9 Å². The number of piperidine rings is 1. The number of hydrogen-bond acceptors (Lipinski definition) is 9. The third-order valence-electron chi connectivity index (χ3n) is 7.63. The summed E-state index contributed by atoms with van der Waals surface area (Å²) in [5.74, 6) is -0.643. The van der Waals surface area contributed by atoms with E-state index in [0.29, 0.717) is 16.8 Å². The summed E-state index contributed by atoms with van der Waals surface area (Å²) < 4.78 is 108. The van der Waals surface area contributed by atoms with E-state index < -0.39 is 58.3 Å². The summed E-state index contributed by atoms with van der Waals surface area (Å²) >= 11 is 0. The van der Waals surface area contributed by atoms with E-state index in [1.54, 1.807) is 45.9 Å². The quantitative estimate of drug-likeness (QED) is 0.177.